The highest BCUT2D eigenvalue weighted by Crippen LogP contribution is 2.40. The molecule has 9 nitrogen and oxygen atoms in total. The number of fused-ring (bicyclic) bond motifs is 1. The van der Waals surface area contributed by atoms with Crippen molar-refractivity contribution in [2.75, 3.05) is 29.9 Å². The minimum Gasteiger partial charge on any atom is -0.390 e. The fraction of sp³-hybridized carbons (Fsp3) is 0.560. The van der Waals surface area contributed by atoms with Gasteiger partial charge in [-0.3, -0.25) is 9.13 Å². The summed E-state index contributed by atoms with van der Waals surface area (Å²) in [5, 5.41) is 13.6. The Morgan fingerprint density at radius 3 is 2.70 bits per heavy atom. The van der Waals surface area contributed by atoms with Gasteiger partial charge in [0.05, 0.1) is 22.8 Å². The van der Waals surface area contributed by atoms with Gasteiger partial charge in [0.2, 0.25) is 5.95 Å². The van der Waals surface area contributed by atoms with Gasteiger partial charge in [0.25, 0.3) is 5.92 Å². The van der Waals surface area contributed by atoms with Crippen LogP contribution in [0.25, 0.3) is 11.0 Å². The molecule has 1 saturated heterocycles. The molecule has 1 aliphatic rings. The Bertz CT molecular complexity index is 1340. The van der Waals surface area contributed by atoms with E-state index >= 15 is 0 Å². The molecule has 37 heavy (non-hydrogen) atoms. The zero-order valence-corrected chi connectivity index (χ0v) is 22.3. The molecule has 2 atom stereocenters. The van der Waals surface area contributed by atoms with Crippen LogP contribution >= 0.6 is 11.6 Å². The van der Waals surface area contributed by atoms with Crippen LogP contribution in [0.3, 0.4) is 0 Å². The molecule has 202 valence electrons. The summed E-state index contributed by atoms with van der Waals surface area (Å²) in [5.74, 6) is -3.95. The SMILES string of the molecule is C[C@H]1CN(c2ncc(Cl)c(Nc3ccc4c(c3)n(CCC(C)(C)O)c(=O)n4C)n2)C[C@@H](CCN)C1(F)F. The molecule has 12 heteroatoms. The average Bonchev–Trinajstić information content (AvgIpc) is 3.05. The van der Waals surface area contributed by atoms with Gasteiger partial charge in [0.15, 0.2) is 5.82 Å². The number of anilines is 3. The molecule has 1 fully saturated rings. The number of aliphatic hydroxyl groups is 1. The van der Waals surface area contributed by atoms with E-state index in [0.29, 0.717) is 35.9 Å². The van der Waals surface area contributed by atoms with E-state index < -0.39 is 23.4 Å². The van der Waals surface area contributed by atoms with Crippen LogP contribution in [0.5, 0.6) is 0 Å². The lowest BCUT2D eigenvalue weighted by atomic mass is 9.84. The summed E-state index contributed by atoms with van der Waals surface area (Å²) in [6.45, 7) is 5.66. The summed E-state index contributed by atoms with van der Waals surface area (Å²) >= 11 is 6.39. The molecule has 3 aromatic rings. The van der Waals surface area contributed by atoms with Crippen LogP contribution in [0.15, 0.2) is 29.2 Å². The van der Waals surface area contributed by atoms with Crippen molar-refractivity contribution in [1.82, 2.24) is 19.1 Å². The van der Waals surface area contributed by atoms with E-state index in [2.05, 4.69) is 15.3 Å². The number of halogens is 3. The van der Waals surface area contributed by atoms with E-state index in [0.717, 1.165) is 5.52 Å². The number of rotatable bonds is 8. The van der Waals surface area contributed by atoms with Crippen LogP contribution in [0.2, 0.25) is 5.02 Å². The van der Waals surface area contributed by atoms with Gasteiger partial charge in [0, 0.05) is 44.2 Å². The molecule has 0 unspecified atom stereocenters. The lowest BCUT2D eigenvalue weighted by Gasteiger charge is -2.42. The zero-order chi connectivity index (χ0) is 27.1. The molecule has 0 amide bonds. The molecule has 0 bridgehead atoms. The molecule has 0 aliphatic carbocycles. The molecule has 0 spiro atoms. The van der Waals surface area contributed by atoms with E-state index in [1.165, 1.54) is 13.1 Å². The summed E-state index contributed by atoms with van der Waals surface area (Å²) in [6.07, 6.45) is 2.06. The van der Waals surface area contributed by atoms with Crippen molar-refractivity contribution in [2.24, 2.45) is 24.6 Å². The highest BCUT2D eigenvalue weighted by Gasteiger charge is 2.49. The van der Waals surface area contributed by atoms with Gasteiger partial charge in [-0.1, -0.05) is 18.5 Å². The summed E-state index contributed by atoms with van der Waals surface area (Å²) < 4.78 is 32.6. The molecule has 2 aromatic heterocycles. The lowest BCUT2D eigenvalue weighted by Crippen LogP contribution is -2.53. The third kappa shape index (κ3) is 5.58. The second-order valence-electron chi connectivity index (χ2n) is 10.5. The summed E-state index contributed by atoms with van der Waals surface area (Å²) in [4.78, 5) is 23.4. The maximum absolute atomic E-state index is 14.7. The maximum atomic E-state index is 14.7. The van der Waals surface area contributed by atoms with E-state index in [9.17, 15) is 18.7 Å². The van der Waals surface area contributed by atoms with Gasteiger partial charge < -0.3 is 21.1 Å². The monoisotopic (exact) mass is 537 g/mol. The minimum atomic E-state index is -2.81. The van der Waals surface area contributed by atoms with Crippen molar-refractivity contribution in [3.63, 3.8) is 0 Å². The third-order valence-corrected chi connectivity index (χ3v) is 7.30. The lowest BCUT2D eigenvalue weighted by molar-refractivity contribution is -0.112. The Hall–Kier alpha value is -2.76. The summed E-state index contributed by atoms with van der Waals surface area (Å²) in [7, 11) is 1.70. The average molecular weight is 538 g/mol. The number of hydrogen-bond acceptors (Lipinski definition) is 7. The zero-order valence-electron chi connectivity index (χ0n) is 21.5. The number of piperidine rings is 1. The number of aromatic nitrogens is 4. The normalized spacial score (nSPS) is 20.0. The van der Waals surface area contributed by atoms with E-state index in [1.807, 2.05) is 12.1 Å². The first-order valence-electron chi connectivity index (χ1n) is 12.4. The van der Waals surface area contributed by atoms with Crippen LogP contribution in [0.1, 0.15) is 33.6 Å². The maximum Gasteiger partial charge on any atom is 0.328 e. The number of alkyl halides is 2. The number of nitrogens with one attached hydrogen (secondary N) is 1. The molecular weight excluding hydrogens is 504 g/mol. The quantitative estimate of drug-likeness (QED) is 0.401. The number of nitrogens with two attached hydrogens (primary N) is 1. The summed E-state index contributed by atoms with van der Waals surface area (Å²) in [6, 6.07) is 5.45. The summed E-state index contributed by atoms with van der Waals surface area (Å²) in [5.41, 5.74) is 6.58. The topological polar surface area (TPSA) is 114 Å². The molecule has 4 rings (SSSR count). The first-order valence-corrected chi connectivity index (χ1v) is 12.7. The van der Waals surface area contributed by atoms with Crippen molar-refractivity contribution in [3.05, 3.63) is 39.9 Å². The van der Waals surface area contributed by atoms with Crippen molar-refractivity contribution in [3.8, 4) is 0 Å². The molecule has 3 heterocycles. The van der Waals surface area contributed by atoms with Gasteiger partial charge in [-0.2, -0.15) is 4.98 Å². The first kappa shape index (κ1) is 27.3. The number of imidazole rings is 1. The Morgan fingerprint density at radius 1 is 1.30 bits per heavy atom. The smallest absolute Gasteiger partial charge is 0.328 e. The molecule has 4 N–H and O–H groups in total. The highest BCUT2D eigenvalue weighted by atomic mass is 35.5. The van der Waals surface area contributed by atoms with Crippen molar-refractivity contribution < 1.29 is 13.9 Å². The number of hydrogen-bond donors (Lipinski definition) is 3. The van der Waals surface area contributed by atoms with Gasteiger partial charge >= 0.3 is 5.69 Å². The molecule has 0 radical (unpaired) electrons. The van der Waals surface area contributed by atoms with Gasteiger partial charge in [0.1, 0.15) is 5.02 Å². The molecular formula is C25H34ClF2N7O2. The number of aryl methyl sites for hydroxylation is 2. The third-order valence-electron chi connectivity index (χ3n) is 7.02. The first-order chi connectivity index (χ1) is 17.3. The van der Waals surface area contributed by atoms with Crippen molar-refractivity contribution in [1.29, 1.82) is 0 Å². The van der Waals surface area contributed by atoms with Gasteiger partial charge in [-0.25, -0.2) is 18.6 Å². The predicted octanol–water partition coefficient (Wildman–Crippen LogP) is 3.74. The second kappa shape index (κ2) is 10.2. The van der Waals surface area contributed by atoms with E-state index in [4.69, 9.17) is 17.3 Å². The van der Waals surface area contributed by atoms with Crippen LogP contribution < -0.4 is 21.6 Å². The molecule has 0 saturated carbocycles. The fourth-order valence-corrected chi connectivity index (χ4v) is 4.93. The van der Waals surface area contributed by atoms with Crippen molar-refractivity contribution in [2.45, 2.75) is 51.7 Å². The van der Waals surface area contributed by atoms with Crippen LogP contribution in [0, 0.1) is 11.8 Å². The van der Waals surface area contributed by atoms with Crippen LogP contribution in [0.4, 0.5) is 26.2 Å². The Balaban J connectivity index is 1.63. The van der Waals surface area contributed by atoms with Crippen LogP contribution in [-0.4, -0.2) is 55.4 Å². The van der Waals surface area contributed by atoms with E-state index in [1.54, 1.807) is 41.0 Å². The Labute approximate surface area is 219 Å². The molecule has 1 aliphatic heterocycles. The Morgan fingerprint density at radius 2 is 2.03 bits per heavy atom. The fourth-order valence-electron chi connectivity index (χ4n) is 4.79. The molecule has 1 aromatic carbocycles. The Kier molecular flexibility index (Phi) is 7.51. The number of benzene rings is 1. The largest absolute Gasteiger partial charge is 0.390 e. The second-order valence-corrected chi connectivity index (χ2v) is 10.9. The predicted molar refractivity (Wildman–Crippen MR) is 142 cm³/mol. The number of nitrogens with zero attached hydrogens (tertiary/aromatic N) is 5. The minimum absolute atomic E-state index is 0.0963. The highest BCUT2D eigenvalue weighted by molar-refractivity contribution is 6.32. The van der Waals surface area contributed by atoms with Gasteiger partial charge in [-0.15, -0.1) is 0 Å². The van der Waals surface area contributed by atoms with Crippen LogP contribution in [-0.2, 0) is 13.6 Å². The standard InChI is InChI=1S/C25H34ClF2N7O2/c1-15-13-34(14-16(7-9-29)25(15,27)28)22-30-12-18(26)21(32-22)31-17-5-6-19-20(11-17)35(23(36)33(19)4)10-8-24(2,3)37/h5-6,11-12,15-16,37H,7-10,13-14,29H2,1-4H3,(H,30,31,32)/t15-,16+/m0/s1. The van der Waals surface area contributed by atoms with Gasteiger partial charge in [-0.05, 0) is 51.4 Å². The van der Waals surface area contributed by atoms with Crippen molar-refractivity contribution >= 4 is 40.1 Å². The van der Waals surface area contributed by atoms with E-state index in [-0.39, 0.29) is 36.8 Å².